The molecular formula is C12H14N4OS. The molecule has 0 aromatic carbocycles. The summed E-state index contributed by atoms with van der Waals surface area (Å²) in [6.07, 6.45) is 2.34. The molecule has 1 amide bonds. The third kappa shape index (κ3) is 2.91. The van der Waals surface area contributed by atoms with E-state index >= 15 is 0 Å². The molecule has 0 aliphatic carbocycles. The van der Waals surface area contributed by atoms with Gasteiger partial charge in [-0.25, -0.2) is 9.97 Å². The van der Waals surface area contributed by atoms with Crippen molar-refractivity contribution in [2.75, 3.05) is 11.9 Å². The molecule has 0 saturated heterocycles. The first-order chi connectivity index (χ1) is 8.70. The van der Waals surface area contributed by atoms with Gasteiger partial charge < -0.3 is 11.1 Å². The zero-order valence-electron chi connectivity index (χ0n) is 10.0. The minimum Gasteiger partial charge on any atom is -0.330 e. The quantitative estimate of drug-likeness (QED) is 0.877. The number of aryl methyl sites for hydroxylation is 1. The van der Waals surface area contributed by atoms with Crippen LogP contribution in [0.15, 0.2) is 23.7 Å². The van der Waals surface area contributed by atoms with E-state index in [2.05, 4.69) is 15.3 Å². The number of hydrogen-bond donors (Lipinski definition) is 2. The van der Waals surface area contributed by atoms with Crippen LogP contribution in [-0.4, -0.2) is 22.4 Å². The first-order valence-corrected chi connectivity index (χ1v) is 6.46. The van der Waals surface area contributed by atoms with Crippen LogP contribution in [0.3, 0.4) is 0 Å². The third-order valence-electron chi connectivity index (χ3n) is 2.38. The Balaban J connectivity index is 2.10. The lowest BCUT2D eigenvalue weighted by atomic mass is 10.3. The predicted octanol–water partition coefficient (Wildman–Crippen LogP) is 1.60. The largest absolute Gasteiger partial charge is 0.330 e. The van der Waals surface area contributed by atoms with Crippen molar-refractivity contribution >= 4 is 23.1 Å². The van der Waals surface area contributed by atoms with Crippen molar-refractivity contribution < 1.29 is 4.79 Å². The number of anilines is 1. The first-order valence-electron chi connectivity index (χ1n) is 5.58. The number of aromatic nitrogens is 2. The number of carbonyl (C=O) groups excluding carboxylic acids is 1. The molecule has 0 saturated carbocycles. The van der Waals surface area contributed by atoms with E-state index in [9.17, 15) is 4.79 Å². The van der Waals surface area contributed by atoms with E-state index in [0.29, 0.717) is 24.5 Å². The van der Waals surface area contributed by atoms with Crippen molar-refractivity contribution in [3.05, 3.63) is 40.0 Å². The van der Waals surface area contributed by atoms with Crippen molar-refractivity contribution in [3.8, 4) is 0 Å². The van der Waals surface area contributed by atoms with E-state index in [1.54, 1.807) is 11.6 Å². The first kappa shape index (κ1) is 12.7. The molecule has 0 spiro atoms. The molecule has 2 aromatic rings. The van der Waals surface area contributed by atoms with E-state index in [-0.39, 0.29) is 5.91 Å². The van der Waals surface area contributed by atoms with Crippen LogP contribution in [0.1, 0.15) is 21.1 Å². The highest BCUT2D eigenvalue weighted by molar-refractivity contribution is 7.09. The molecule has 18 heavy (non-hydrogen) atoms. The summed E-state index contributed by atoms with van der Waals surface area (Å²) < 4.78 is 0. The minimum absolute atomic E-state index is 0.240. The number of carbonyl (C=O) groups is 1. The van der Waals surface area contributed by atoms with Gasteiger partial charge in [0, 0.05) is 18.0 Å². The summed E-state index contributed by atoms with van der Waals surface area (Å²) in [6, 6.07) is 3.72. The van der Waals surface area contributed by atoms with Gasteiger partial charge in [0.25, 0.3) is 5.91 Å². The van der Waals surface area contributed by atoms with Gasteiger partial charge in [-0.05, 0) is 25.1 Å². The van der Waals surface area contributed by atoms with E-state index in [4.69, 9.17) is 5.73 Å². The van der Waals surface area contributed by atoms with Crippen LogP contribution in [0.2, 0.25) is 0 Å². The molecule has 2 rings (SSSR count). The van der Waals surface area contributed by atoms with Gasteiger partial charge in [-0.15, -0.1) is 11.3 Å². The Morgan fingerprint density at radius 3 is 3.11 bits per heavy atom. The number of nitrogens with two attached hydrogens (primary N) is 1. The highest BCUT2D eigenvalue weighted by Gasteiger charge is 2.12. The summed E-state index contributed by atoms with van der Waals surface area (Å²) in [5.74, 6) is 0.326. The molecule has 3 N–H and O–H groups in total. The fourth-order valence-electron chi connectivity index (χ4n) is 1.44. The molecular weight excluding hydrogens is 248 g/mol. The Hall–Kier alpha value is -1.79. The number of hydrogen-bond acceptors (Lipinski definition) is 5. The Morgan fingerprint density at radius 2 is 2.39 bits per heavy atom. The summed E-state index contributed by atoms with van der Waals surface area (Å²) in [5, 5.41) is 5.35. The van der Waals surface area contributed by atoms with Crippen molar-refractivity contribution in [2.45, 2.75) is 13.3 Å². The van der Waals surface area contributed by atoms with Gasteiger partial charge >= 0.3 is 0 Å². The summed E-state index contributed by atoms with van der Waals surface area (Å²) in [5.41, 5.74) is 6.78. The van der Waals surface area contributed by atoms with Gasteiger partial charge in [0.05, 0.1) is 5.01 Å². The van der Waals surface area contributed by atoms with Gasteiger partial charge in [0.1, 0.15) is 11.5 Å². The van der Waals surface area contributed by atoms with Crippen LogP contribution in [-0.2, 0) is 6.42 Å². The van der Waals surface area contributed by atoms with Gasteiger partial charge in [-0.3, -0.25) is 4.79 Å². The number of rotatable bonds is 4. The van der Waals surface area contributed by atoms with Gasteiger partial charge in [0.2, 0.25) is 0 Å². The third-order valence-corrected chi connectivity index (χ3v) is 3.29. The van der Waals surface area contributed by atoms with Crippen molar-refractivity contribution in [2.24, 2.45) is 5.73 Å². The smallest absolute Gasteiger partial charge is 0.276 e. The molecule has 0 aliphatic rings. The lowest BCUT2D eigenvalue weighted by Gasteiger charge is -2.04. The average molecular weight is 262 g/mol. The van der Waals surface area contributed by atoms with Crippen LogP contribution in [0.5, 0.6) is 0 Å². The fourth-order valence-corrected chi connectivity index (χ4v) is 2.24. The summed E-state index contributed by atoms with van der Waals surface area (Å²) in [6.45, 7) is 2.43. The molecule has 0 atom stereocenters. The number of nitrogens with zero attached hydrogens (tertiary/aromatic N) is 2. The Kier molecular flexibility index (Phi) is 4.01. The van der Waals surface area contributed by atoms with Gasteiger partial charge in [0.15, 0.2) is 0 Å². The normalized spacial score (nSPS) is 10.3. The van der Waals surface area contributed by atoms with E-state index in [1.807, 2.05) is 19.1 Å². The van der Waals surface area contributed by atoms with Gasteiger partial charge in [-0.1, -0.05) is 6.07 Å². The Labute approximate surface area is 109 Å². The lowest BCUT2D eigenvalue weighted by Crippen LogP contribution is -2.14. The molecule has 5 nitrogen and oxygen atoms in total. The standard InChI is InChI=1S/C12H14N4OS/c1-8-3-2-6-14-11(8)16-12(17)9-7-18-10(15-9)4-5-13/h2-3,6-7H,4-5,13H2,1H3,(H,14,16,17). The van der Waals surface area contributed by atoms with Crippen LogP contribution in [0.4, 0.5) is 5.82 Å². The van der Waals surface area contributed by atoms with Crippen molar-refractivity contribution in [1.82, 2.24) is 9.97 Å². The van der Waals surface area contributed by atoms with Crippen LogP contribution in [0, 0.1) is 6.92 Å². The summed E-state index contributed by atoms with van der Waals surface area (Å²) in [7, 11) is 0. The molecule has 0 bridgehead atoms. The average Bonchev–Trinajstić information content (AvgIpc) is 2.81. The second kappa shape index (κ2) is 5.70. The molecule has 0 aliphatic heterocycles. The molecule has 2 heterocycles. The van der Waals surface area contributed by atoms with Crippen LogP contribution in [0.25, 0.3) is 0 Å². The molecule has 0 unspecified atom stereocenters. The number of pyridine rings is 1. The van der Waals surface area contributed by atoms with E-state index < -0.39 is 0 Å². The molecule has 0 radical (unpaired) electrons. The lowest BCUT2D eigenvalue weighted by molar-refractivity contribution is 0.102. The maximum absolute atomic E-state index is 11.9. The van der Waals surface area contributed by atoms with Crippen molar-refractivity contribution in [1.29, 1.82) is 0 Å². The van der Waals surface area contributed by atoms with Crippen LogP contribution < -0.4 is 11.1 Å². The number of nitrogens with one attached hydrogen (secondary N) is 1. The van der Waals surface area contributed by atoms with Gasteiger partial charge in [-0.2, -0.15) is 0 Å². The summed E-state index contributed by atoms with van der Waals surface area (Å²) >= 11 is 1.44. The highest BCUT2D eigenvalue weighted by atomic mass is 32.1. The van der Waals surface area contributed by atoms with E-state index in [1.165, 1.54) is 11.3 Å². The monoisotopic (exact) mass is 262 g/mol. The van der Waals surface area contributed by atoms with E-state index in [0.717, 1.165) is 10.6 Å². The fraction of sp³-hybridized carbons (Fsp3) is 0.250. The summed E-state index contributed by atoms with van der Waals surface area (Å²) in [4.78, 5) is 20.3. The van der Waals surface area contributed by atoms with Crippen molar-refractivity contribution in [3.63, 3.8) is 0 Å². The minimum atomic E-state index is -0.240. The Morgan fingerprint density at radius 1 is 1.56 bits per heavy atom. The molecule has 6 heteroatoms. The number of amides is 1. The SMILES string of the molecule is Cc1cccnc1NC(=O)c1csc(CCN)n1. The maximum Gasteiger partial charge on any atom is 0.276 e. The molecule has 2 aromatic heterocycles. The second-order valence-electron chi connectivity index (χ2n) is 3.79. The zero-order valence-corrected chi connectivity index (χ0v) is 10.8. The molecule has 0 fully saturated rings. The zero-order chi connectivity index (χ0) is 13.0. The maximum atomic E-state index is 11.9. The predicted molar refractivity (Wildman–Crippen MR) is 71.8 cm³/mol. The van der Waals surface area contributed by atoms with Crippen LogP contribution >= 0.6 is 11.3 Å². The molecule has 94 valence electrons. The topological polar surface area (TPSA) is 80.9 Å². The second-order valence-corrected chi connectivity index (χ2v) is 4.73. The Bertz CT molecular complexity index is 553. The number of thiazole rings is 1. The highest BCUT2D eigenvalue weighted by Crippen LogP contribution is 2.14.